The van der Waals surface area contributed by atoms with Crippen LogP contribution in [0.3, 0.4) is 0 Å². The van der Waals surface area contributed by atoms with E-state index < -0.39 is 17.5 Å². The van der Waals surface area contributed by atoms with Gasteiger partial charge in [-0.3, -0.25) is 14.5 Å². The Balaban J connectivity index is 1.44. The molecule has 2 heterocycles. The molecule has 0 aliphatic carbocycles. The molecule has 0 unspecified atom stereocenters. The summed E-state index contributed by atoms with van der Waals surface area (Å²) in [5.41, 5.74) is 0.654. The fourth-order valence-electron chi connectivity index (χ4n) is 3.89. The number of imide groups is 1. The third-order valence-electron chi connectivity index (χ3n) is 5.89. The number of ether oxygens (including phenoxy) is 2. The third-order valence-corrected chi connectivity index (χ3v) is 5.89. The molecule has 1 fully saturated rings. The molecule has 31 heavy (non-hydrogen) atoms. The van der Waals surface area contributed by atoms with Gasteiger partial charge in [-0.25, -0.2) is 4.79 Å². The molecule has 1 N–H and O–H groups in total. The Morgan fingerprint density at radius 1 is 1.16 bits per heavy atom. The minimum absolute atomic E-state index is 0.163. The van der Waals surface area contributed by atoms with Crippen molar-refractivity contribution in [2.75, 3.05) is 20.4 Å². The number of carbonyl (C=O) groups excluding carboxylic acids is 3. The molecule has 0 saturated carbocycles. The Morgan fingerprint density at radius 2 is 1.87 bits per heavy atom. The molecule has 4 rings (SSSR count). The van der Waals surface area contributed by atoms with E-state index in [4.69, 9.17) is 9.47 Å². The Bertz CT molecular complexity index is 1030. The van der Waals surface area contributed by atoms with Crippen molar-refractivity contribution in [3.05, 3.63) is 59.7 Å². The predicted octanol–water partition coefficient (Wildman–Crippen LogP) is 2.49. The zero-order chi connectivity index (χ0) is 22.2. The zero-order valence-electron chi connectivity index (χ0n) is 17.8. The number of hydrogen-bond donors (Lipinski definition) is 1. The first-order valence-corrected chi connectivity index (χ1v) is 10.1. The summed E-state index contributed by atoms with van der Waals surface area (Å²) in [7, 11) is 1.67. The topological polar surface area (TPSA) is 88.2 Å². The van der Waals surface area contributed by atoms with Crippen molar-refractivity contribution in [3.8, 4) is 11.5 Å². The average molecular weight is 423 g/mol. The van der Waals surface area contributed by atoms with Crippen LogP contribution in [-0.4, -0.2) is 53.6 Å². The molecular formula is C23H25N3O5. The van der Waals surface area contributed by atoms with Crippen molar-refractivity contribution < 1.29 is 23.9 Å². The first kappa shape index (κ1) is 20.7. The third kappa shape index (κ3) is 3.93. The molecule has 0 aromatic heterocycles. The highest BCUT2D eigenvalue weighted by molar-refractivity contribution is 6.09. The van der Waals surface area contributed by atoms with Gasteiger partial charge in [-0.15, -0.1) is 0 Å². The molecule has 8 nitrogen and oxygen atoms in total. The van der Waals surface area contributed by atoms with E-state index in [0.29, 0.717) is 11.5 Å². The Labute approximate surface area is 180 Å². The standard InChI is InChI=1S/C23H25N3O5/c1-15(17-7-5-4-6-8-17)25(3)20(27)13-26-21(28)23(2,24-22(26)29)12-16-9-10-18-19(11-16)31-14-30-18/h4-11,15H,12-14H2,1-3H3,(H,24,29)/t15-,23-/m0/s1. The van der Waals surface area contributed by atoms with Crippen LogP contribution >= 0.6 is 0 Å². The van der Waals surface area contributed by atoms with Crippen molar-refractivity contribution in [3.63, 3.8) is 0 Å². The molecule has 2 aromatic rings. The molecule has 1 saturated heterocycles. The average Bonchev–Trinajstić information content (AvgIpc) is 3.31. The van der Waals surface area contributed by atoms with Gasteiger partial charge in [0.2, 0.25) is 12.7 Å². The fraction of sp³-hybridized carbons (Fsp3) is 0.348. The van der Waals surface area contributed by atoms with Crippen LogP contribution in [0.5, 0.6) is 11.5 Å². The quantitative estimate of drug-likeness (QED) is 0.722. The normalized spacial score (nSPS) is 20.5. The van der Waals surface area contributed by atoms with Crippen molar-refractivity contribution in [2.24, 2.45) is 0 Å². The molecule has 0 bridgehead atoms. The van der Waals surface area contributed by atoms with Crippen LogP contribution in [0.4, 0.5) is 4.79 Å². The molecule has 4 amide bonds. The Morgan fingerprint density at radius 3 is 2.61 bits per heavy atom. The van der Waals surface area contributed by atoms with Gasteiger partial charge in [-0.05, 0) is 37.1 Å². The minimum Gasteiger partial charge on any atom is -0.454 e. The molecule has 8 heteroatoms. The van der Waals surface area contributed by atoms with E-state index in [1.54, 1.807) is 31.0 Å². The molecule has 2 aliphatic rings. The highest BCUT2D eigenvalue weighted by Gasteiger charge is 2.48. The lowest BCUT2D eigenvalue weighted by molar-refractivity contribution is -0.139. The van der Waals surface area contributed by atoms with Crippen molar-refractivity contribution >= 4 is 17.8 Å². The van der Waals surface area contributed by atoms with Gasteiger partial charge < -0.3 is 19.7 Å². The van der Waals surface area contributed by atoms with Crippen molar-refractivity contribution in [1.29, 1.82) is 0 Å². The summed E-state index contributed by atoms with van der Waals surface area (Å²) in [6.07, 6.45) is 0.273. The smallest absolute Gasteiger partial charge is 0.325 e. The second kappa shape index (κ2) is 7.94. The predicted molar refractivity (Wildman–Crippen MR) is 113 cm³/mol. The summed E-state index contributed by atoms with van der Waals surface area (Å²) in [5, 5.41) is 2.75. The summed E-state index contributed by atoms with van der Waals surface area (Å²) in [6.45, 7) is 3.42. The monoisotopic (exact) mass is 423 g/mol. The number of nitrogens with one attached hydrogen (secondary N) is 1. The zero-order valence-corrected chi connectivity index (χ0v) is 17.8. The molecule has 162 valence electrons. The summed E-state index contributed by atoms with van der Waals surface area (Å²) >= 11 is 0. The van der Waals surface area contributed by atoms with E-state index in [9.17, 15) is 14.4 Å². The van der Waals surface area contributed by atoms with Crippen LogP contribution in [0, 0.1) is 0 Å². The first-order valence-electron chi connectivity index (χ1n) is 10.1. The van der Waals surface area contributed by atoms with E-state index in [0.717, 1.165) is 16.0 Å². The van der Waals surface area contributed by atoms with Crippen LogP contribution in [0.15, 0.2) is 48.5 Å². The number of amides is 4. The van der Waals surface area contributed by atoms with Crippen molar-refractivity contribution in [2.45, 2.75) is 31.8 Å². The molecule has 2 aliphatic heterocycles. The van der Waals surface area contributed by atoms with Crippen molar-refractivity contribution in [1.82, 2.24) is 15.1 Å². The largest absolute Gasteiger partial charge is 0.454 e. The van der Waals surface area contributed by atoms with Crippen LogP contribution in [0.25, 0.3) is 0 Å². The van der Waals surface area contributed by atoms with Crippen LogP contribution in [0.1, 0.15) is 31.0 Å². The lowest BCUT2D eigenvalue weighted by atomic mass is 9.92. The number of fused-ring (bicyclic) bond motifs is 1. The lowest BCUT2D eigenvalue weighted by Gasteiger charge is -2.27. The maximum atomic E-state index is 13.1. The number of hydrogen-bond acceptors (Lipinski definition) is 5. The van der Waals surface area contributed by atoms with Crippen LogP contribution < -0.4 is 14.8 Å². The second-order valence-corrected chi connectivity index (χ2v) is 8.11. The van der Waals surface area contributed by atoms with Gasteiger partial charge in [0.05, 0.1) is 6.04 Å². The first-order chi connectivity index (χ1) is 14.8. The maximum absolute atomic E-state index is 13.1. The van der Waals surface area contributed by atoms with Gasteiger partial charge in [0.1, 0.15) is 12.1 Å². The van der Waals surface area contributed by atoms with Gasteiger partial charge >= 0.3 is 6.03 Å². The van der Waals surface area contributed by atoms with Gasteiger partial charge in [-0.1, -0.05) is 36.4 Å². The molecule has 2 atom stereocenters. The molecule has 0 radical (unpaired) electrons. The van der Waals surface area contributed by atoms with Crippen LogP contribution in [0.2, 0.25) is 0 Å². The highest BCUT2D eigenvalue weighted by Crippen LogP contribution is 2.34. The summed E-state index contributed by atoms with van der Waals surface area (Å²) < 4.78 is 10.7. The number of likely N-dealkylation sites (N-methyl/N-ethyl adjacent to an activating group) is 1. The number of nitrogens with zero attached hydrogens (tertiary/aromatic N) is 2. The number of benzene rings is 2. The molecular weight excluding hydrogens is 398 g/mol. The van der Waals surface area contributed by atoms with E-state index in [1.807, 2.05) is 43.3 Å². The number of rotatable bonds is 6. The Hall–Kier alpha value is -3.55. The molecule has 2 aromatic carbocycles. The van der Waals surface area contributed by atoms with E-state index in [1.165, 1.54) is 0 Å². The van der Waals surface area contributed by atoms with Gasteiger partial charge in [0, 0.05) is 13.5 Å². The van der Waals surface area contributed by atoms with E-state index in [-0.39, 0.29) is 31.7 Å². The lowest BCUT2D eigenvalue weighted by Crippen LogP contribution is -2.47. The maximum Gasteiger partial charge on any atom is 0.325 e. The number of carbonyl (C=O) groups is 3. The highest BCUT2D eigenvalue weighted by atomic mass is 16.7. The minimum atomic E-state index is -1.14. The fourth-order valence-corrected chi connectivity index (χ4v) is 3.89. The SMILES string of the molecule is C[C@@H](c1ccccc1)N(C)C(=O)CN1C(=O)N[C@@](C)(Cc2ccc3c(c2)OCO3)C1=O. The molecule has 0 spiro atoms. The summed E-state index contributed by atoms with van der Waals surface area (Å²) in [5.74, 6) is 0.524. The second-order valence-electron chi connectivity index (χ2n) is 8.11. The summed E-state index contributed by atoms with van der Waals surface area (Å²) in [6, 6.07) is 14.3. The van der Waals surface area contributed by atoms with Gasteiger partial charge in [0.25, 0.3) is 5.91 Å². The van der Waals surface area contributed by atoms with E-state index in [2.05, 4.69) is 5.32 Å². The van der Waals surface area contributed by atoms with Crippen LogP contribution in [-0.2, 0) is 16.0 Å². The Kier molecular flexibility index (Phi) is 5.31. The van der Waals surface area contributed by atoms with Gasteiger partial charge in [0.15, 0.2) is 11.5 Å². The summed E-state index contributed by atoms with van der Waals surface area (Å²) in [4.78, 5) is 41.0. The van der Waals surface area contributed by atoms with E-state index >= 15 is 0 Å². The number of urea groups is 1. The van der Waals surface area contributed by atoms with Gasteiger partial charge in [-0.2, -0.15) is 0 Å².